The summed E-state index contributed by atoms with van der Waals surface area (Å²) in [6.45, 7) is -0.161. The Morgan fingerprint density at radius 2 is 1.90 bits per heavy atom. The zero-order chi connectivity index (χ0) is 21.1. The number of likely N-dealkylation sites (tertiary alicyclic amines) is 1. The highest BCUT2D eigenvalue weighted by Gasteiger charge is 2.48. The molecular weight excluding hydrogens is 392 g/mol. The van der Waals surface area contributed by atoms with Crippen LogP contribution in [0.15, 0.2) is 48.7 Å². The Hall–Kier alpha value is -3.10. The molecule has 2 amide bonds. The molecule has 2 aliphatic rings. The molecule has 158 valence electrons. The molecule has 9 heteroatoms. The molecule has 0 bridgehead atoms. The molecule has 1 aromatic heterocycles. The van der Waals surface area contributed by atoms with Gasteiger partial charge in [0.25, 0.3) is 11.8 Å². The molecule has 2 heterocycles. The second kappa shape index (κ2) is 8.33. The Labute approximate surface area is 172 Å². The first kappa shape index (κ1) is 20.2. The summed E-state index contributed by atoms with van der Waals surface area (Å²) in [5, 5.41) is 10.5. The predicted octanol–water partition coefficient (Wildman–Crippen LogP) is 2.41. The van der Waals surface area contributed by atoms with E-state index in [1.807, 2.05) is 42.5 Å². The lowest BCUT2D eigenvalue weighted by molar-refractivity contribution is -0.137. The zero-order valence-corrected chi connectivity index (χ0v) is 16.4. The van der Waals surface area contributed by atoms with Crippen molar-refractivity contribution in [2.45, 2.75) is 44.3 Å². The summed E-state index contributed by atoms with van der Waals surface area (Å²) in [7, 11) is 0. The van der Waals surface area contributed by atoms with E-state index < -0.39 is 30.8 Å². The summed E-state index contributed by atoms with van der Waals surface area (Å²) in [4.78, 5) is 26.3. The van der Waals surface area contributed by atoms with Crippen molar-refractivity contribution in [3.63, 3.8) is 0 Å². The smallest absolute Gasteiger partial charge is 0.273 e. The lowest BCUT2D eigenvalue weighted by Crippen LogP contribution is -2.41. The Morgan fingerprint density at radius 1 is 1.17 bits per heavy atom. The van der Waals surface area contributed by atoms with E-state index in [0.29, 0.717) is 19.4 Å². The molecule has 4 rings (SSSR count). The van der Waals surface area contributed by atoms with E-state index in [1.54, 1.807) is 0 Å². The maximum atomic E-state index is 14.1. The predicted molar refractivity (Wildman–Crippen MR) is 105 cm³/mol. The molecule has 7 nitrogen and oxygen atoms in total. The minimum Gasteiger partial charge on any atom is -0.347 e. The van der Waals surface area contributed by atoms with Crippen LogP contribution in [0.3, 0.4) is 0 Å². The standard InChI is InChI=1S/C21H23F2N5O2/c22-21(23)10-17(28(14-21)20(30)16-8-4-5-9-16)12-27-13-18(25-26-27)19(29)24-11-15-6-2-1-3-7-15/h1-7,13,16-17H,8-12,14H2,(H,24,29)/t17-/m0/s1. The number of carbonyl (C=O) groups is 2. The van der Waals surface area contributed by atoms with E-state index >= 15 is 0 Å². The van der Waals surface area contributed by atoms with Gasteiger partial charge in [0.1, 0.15) is 0 Å². The topological polar surface area (TPSA) is 80.1 Å². The minimum atomic E-state index is -2.93. The third kappa shape index (κ3) is 4.55. The zero-order valence-electron chi connectivity index (χ0n) is 16.4. The molecular formula is C21H23F2N5O2. The van der Waals surface area contributed by atoms with Crippen molar-refractivity contribution >= 4 is 11.8 Å². The van der Waals surface area contributed by atoms with Crippen LogP contribution in [0.5, 0.6) is 0 Å². The molecule has 0 radical (unpaired) electrons. The van der Waals surface area contributed by atoms with E-state index in [-0.39, 0.29) is 24.1 Å². The highest BCUT2D eigenvalue weighted by atomic mass is 19.3. The molecule has 30 heavy (non-hydrogen) atoms. The van der Waals surface area contributed by atoms with Crippen molar-refractivity contribution in [3.05, 3.63) is 59.9 Å². The quantitative estimate of drug-likeness (QED) is 0.735. The second-order valence-electron chi connectivity index (χ2n) is 7.81. The number of aromatic nitrogens is 3. The summed E-state index contributed by atoms with van der Waals surface area (Å²) in [6, 6.07) is 8.75. The van der Waals surface area contributed by atoms with Gasteiger partial charge in [-0.2, -0.15) is 0 Å². The maximum Gasteiger partial charge on any atom is 0.273 e. The van der Waals surface area contributed by atoms with Crippen LogP contribution < -0.4 is 5.32 Å². The molecule has 0 spiro atoms. The molecule has 1 N–H and O–H groups in total. The van der Waals surface area contributed by atoms with Crippen LogP contribution in [0.4, 0.5) is 8.78 Å². The lowest BCUT2D eigenvalue weighted by Gasteiger charge is -2.26. The van der Waals surface area contributed by atoms with Crippen molar-refractivity contribution in [1.82, 2.24) is 25.2 Å². The Morgan fingerprint density at radius 3 is 2.63 bits per heavy atom. The number of halogens is 2. The van der Waals surface area contributed by atoms with Gasteiger partial charge in [0.2, 0.25) is 5.91 Å². The monoisotopic (exact) mass is 415 g/mol. The van der Waals surface area contributed by atoms with Crippen LogP contribution in [0, 0.1) is 5.92 Å². The average Bonchev–Trinajstić information content (AvgIpc) is 3.47. The van der Waals surface area contributed by atoms with Crippen LogP contribution in [0.1, 0.15) is 35.3 Å². The first-order valence-corrected chi connectivity index (χ1v) is 9.97. The van der Waals surface area contributed by atoms with Gasteiger partial charge in [-0.3, -0.25) is 9.59 Å². The summed E-state index contributed by atoms with van der Waals surface area (Å²) >= 11 is 0. The molecule has 2 aromatic rings. The van der Waals surface area contributed by atoms with Crippen LogP contribution >= 0.6 is 0 Å². The van der Waals surface area contributed by atoms with Gasteiger partial charge in [-0.25, -0.2) is 13.5 Å². The van der Waals surface area contributed by atoms with Crippen molar-refractivity contribution in [3.8, 4) is 0 Å². The van der Waals surface area contributed by atoms with Crippen LogP contribution in [-0.2, 0) is 17.9 Å². The van der Waals surface area contributed by atoms with Gasteiger partial charge in [-0.1, -0.05) is 47.7 Å². The SMILES string of the molecule is O=C(NCc1ccccc1)c1cn(C[C@@H]2CC(F)(F)CN2C(=O)C2CC=CC2)nn1. The lowest BCUT2D eigenvalue weighted by atomic mass is 10.1. The van der Waals surface area contributed by atoms with E-state index in [4.69, 9.17) is 0 Å². The van der Waals surface area contributed by atoms with Crippen LogP contribution in [-0.4, -0.2) is 50.2 Å². The van der Waals surface area contributed by atoms with Gasteiger partial charge >= 0.3 is 0 Å². The highest BCUT2D eigenvalue weighted by Crippen LogP contribution is 2.35. The number of alkyl halides is 2. The first-order valence-electron chi connectivity index (χ1n) is 9.97. The van der Waals surface area contributed by atoms with Gasteiger partial charge < -0.3 is 10.2 Å². The van der Waals surface area contributed by atoms with Gasteiger partial charge in [-0.05, 0) is 18.4 Å². The number of allylic oxidation sites excluding steroid dienone is 2. The Kier molecular flexibility index (Phi) is 5.61. The normalized spacial score (nSPS) is 20.6. The minimum absolute atomic E-state index is 0.0699. The number of amides is 2. The molecule has 1 fully saturated rings. The number of hydrogen-bond donors (Lipinski definition) is 1. The van der Waals surface area contributed by atoms with Gasteiger partial charge in [0.15, 0.2) is 5.69 Å². The summed E-state index contributed by atoms with van der Waals surface area (Å²) < 4.78 is 29.5. The summed E-state index contributed by atoms with van der Waals surface area (Å²) in [5.41, 5.74) is 1.05. The summed E-state index contributed by atoms with van der Waals surface area (Å²) in [5.74, 6) is -3.84. The fraction of sp³-hybridized carbons (Fsp3) is 0.429. The molecule has 0 unspecified atom stereocenters. The molecule has 1 aliphatic carbocycles. The van der Waals surface area contributed by atoms with E-state index in [9.17, 15) is 18.4 Å². The second-order valence-corrected chi connectivity index (χ2v) is 7.81. The number of carbonyl (C=O) groups excluding carboxylic acids is 2. The number of nitrogens with one attached hydrogen (secondary N) is 1. The van der Waals surface area contributed by atoms with Gasteiger partial charge in [0.05, 0.1) is 25.3 Å². The number of rotatable bonds is 6. The largest absolute Gasteiger partial charge is 0.347 e. The summed E-state index contributed by atoms with van der Waals surface area (Å²) in [6.07, 6.45) is 5.99. The van der Waals surface area contributed by atoms with Gasteiger partial charge in [0, 0.05) is 18.9 Å². The fourth-order valence-corrected chi connectivity index (χ4v) is 3.95. The number of nitrogens with zero attached hydrogens (tertiary/aromatic N) is 4. The Balaban J connectivity index is 1.39. The van der Waals surface area contributed by atoms with Gasteiger partial charge in [-0.15, -0.1) is 5.10 Å². The van der Waals surface area contributed by atoms with Crippen LogP contribution in [0.2, 0.25) is 0 Å². The van der Waals surface area contributed by atoms with E-state index in [2.05, 4.69) is 15.6 Å². The van der Waals surface area contributed by atoms with Crippen LogP contribution in [0.25, 0.3) is 0 Å². The highest BCUT2D eigenvalue weighted by molar-refractivity contribution is 5.91. The van der Waals surface area contributed by atoms with E-state index in [0.717, 1.165) is 5.56 Å². The molecule has 1 saturated heterocycles. The van der Waals surface area contributed by atoms with Crippen molar-refractivity contribution in [2.75, 3.05) is 6.54 Å². The average molecular weight is 415 g/mol. The molecule has 1 atom stereocenters. The molecule has 0 saturated carbocycles. The third-order valence-electron chi connectivity index (χ3n) is 5.48. The van der Waals surface area contributed by atoms with Crippen molar-refractivity contribution in [1.29, 1.82) is 0 Å². The third-order valence-corrected chi connectivity index (χ3v) is 5.48. The number of benzene rings is 1. The first-order chi connectivity index (χ1) is 14.4. The Bertz CT molecular complexity index is 936. The van der Waals surface area contributed by atoms with Crippen molar-refractivity contribution < 1.29 is 18.4 Å². The fourth-order valence-electron chi connectivity index (χ4n) is 3.95. The molecule has 1 aliphatic heterocycles. The molecule has 1 aromatic carbocycles. The number of hydrogen-bond acceptors (Lipinski definition) is 4. The maximum absolute atomic E-state index is 14.1. The van der Waals surface area contributed by atoms with E-state index in [1.165, 1.54) is 15.8 Å². The van der Waals surface area contributed by atoms with Crippen molar-refractivity contribution in [2.24, 2.45) is 5.92 Å².